The van der Waals surface area contributed by atoms with Gasteiger partial charge in [-0.1, -0.05) is 47.8 Å². The maximum absolute atomic E-state index is 13.0. The smallest absolute Gasteiger partial charge is 0.142 e. The lowest BCUT2D eigenvalue weighted by molar-refractivity contribution is 0.622. The van der Waals surface area contributed by atoms with Gasteiger partial charge in [0.15, 0.2) is 0 Å². The molecule has 68 valence electrons. The van der Waals surface area contributed by atoms with Crippen LogP contribution in [0.2, 0.25) is 0 Å². The Hall–Kier alpha value is 0.0800. The highest BCUT2D eigenvalue weighted by atomic mass is 79.9. The second-order valence-electron chi connectivity index (χ2n) is 2.27. The molecule has 0 aromatic heterocycles. The Bertz CT molecular complexity index is 370. The van der Waals surface area contributed by atoms with Crippen molar-refractivity contribution in [1.82, 2.24) is 0 Å². The lowest BCUT2D eigenvalue weighted by Gasteiger charge is -2.06. The van der Waals surface area contributed by atoms with Crippen molar-refractivity contribution in [2.24, 2.45) is 0 Å². The molecule has 0 saturated heterocycles. The van der Waals surface area contributed by atoms with E-state index >= 15 is 0 Å². The summed E-state index contributed by atoms with van der Waals surface area (Å²) in [5, 5.41) is 8.58. The molecule has 0 spiro atoms. The summed E-state index contributed by atoms with van der Waals surface area (Å²) in [4.78, 5) is 0. The number of hydrogen-bond donors (Lipinski definition) is 0. The van der Waals surface area contributed by atoms with E-state index in [-0.39, 0.29) is 9.30 Å². The molecule has 1 aromatic rings. The van der Waals surface area contributed by atoms with Gasteiger partial charge >= 0.3 is 0 Å². The number of alkyl halides is 2. The van der Waals surface area contributed by atoms with Crippen LogP contribution in [0.25, 0.3) is 0 Å². The second-order valence-corrected chi connectivity index (χ2v) is 6.18. The van der Waals surface area contributed by atoms with Crippen LogP contribution in [-0.2, 0) is 0 Å². The molecule has 0 radical (unpaired) electrons. The molecule has 0 saturated carbocycles. The average molecular weight is 372 g/mol. The Kier molecular flexibility index (Phi) is 3.89. The quantitative estimate of drug-likeness (QED) is 0.677. The molecule has 5 heteroatoms. The first kappa shape index (κ1) is 11.2. The average Bonchev–Trinajstić information content (AvgIpc) is 2.03. The molecule has 0 bridgehead atoms. The van der Waals surface area contributed by atoms with Crippen molar-refractivity contribution < 1.29 is 4.39 Å². The van der Waals surface area contributed by atoms with Gasteiger partial charge in [0.25, 0.3) is 0 Å². The molecule has 0 unspecified atom stereocenters. The fraction of sp³-hybridized carbons (Fsp3) is 0.125. The van der Waals surface area contributed by atoms with Crippen molar-refractivity contribution in [3.63, 3.8) is 0 Å². The van der Waals surface area contributed by atoms with Crippen molar-refractivity contribution in [3.8, 4) is 6.07 Å². The zero-order valence-corrected chi connectivity index (χ0v) is 10.9. The third-order valence-corrected chi connectivity index (χ3v) is 3.12. The Balaban J connectivity index is 3.33. The van der Waals surface area contributed by atoms with Crippen LogP contribution in [0, 0.1) is 17.1 Å². The van der Waals surface area contributed by atoms with Gasteiger partial charge in [-0.15, -0.1) is 0 Å². The van der Waals surface area contributed by atoms with Crippen LogP contribution in [-0.4, -0.2) is 0 Å². The van der Waals surface area contributed by atoms with Gasteiger partial charge in [0.1, 0.15) is 11.9 Å². The van der Waals surface area contributed by atoms with E-state index in [1.165, 1.54) is 12.1 Å². The molecule has 0 amide bonds. The number of nitriles is 1. The summed E-state index contributed by atoms with van der Waals surface area (Å²) < 4.78 is 13.5. The Labute approximate surface area is 100 Å². The Morgan fingerprint density at radius 2 is 2.00 bits per heavy atom. The van der Waals surface area contributed by atoms with E-state index in [2.05, 4.69) is 47.8 Å². The monoisotopic (exact) mass is 369 g/mol. The molecule has 0 aliphatic rings. The summed E-state index contributed by atoms with van der Waals surface area (Å²) in [6.07, 6.45) is 0. The van der Waals surface area contributed by atoms with Crippen molar-refractivity contribution >= 4 is 47.8 Å². The molecule has 0 aliphatic carbocycles. The highest BCUT2D eigenvalue weighted by molar-refractivity contribution is 9.24. The molecule has 13 heavy (non-hydrogen) atoms. The molecule has 1 aromatic carbocycles. The zero-order valence-electron chi connectivity index (χ0n) is 6.19. The summed E-state index contributed by atoms with van der Waals surface area (Å²) >= 11 is 9.75. The summed E-state index contributed by atoms with van der Waals surface area (Å²) in [5.74, 6) is -0.515. The fourth-order valence-electron chi connectivity index (χ4n) is 0.819. The van der Waals surface area contributed by atoms with E-state index in [0.717, 1.165) is 5.56 Å². The minimum atomic E-state index is -0.515. The van der Waals surface area contributed by atoms with Gasteiger partial charge in [-0.3, -0.25) is 0 Å². The van der Waals surface area contributed by atoms with E-state index < -0.39 is 5.82 Å². The predicted octanol–water partition coefficient (Wildman–Crippen LogP) is 4.25. The third kappa shape index (κ3) is 2.52. The lowest BCUT2D eigenvalue weighted by Crippen LogP contribution is -1.90. The van der Waals surface area contributed by atoms with Crippen LogP contribution >= 0.6 is 47.8 Å². The Morgan fingerprint density at radius 1 is 1.38 bits per heavy atom. The number of nitrogens with zero attached hydrogens (tertiary/aromatic N) is 1. The molecular formula is C8H3Br3FN. The summed E-state index contributed by atoms with van der Waals surface area (Å²) in [6, 6.07) is 4.56. The number of rotatable bonds is 1. The third-order valence-electron chi connectivity index (χ3n) is 1.44. The van der Waals surface area contributed by atoms with Crippen LogP contribution < -0.4 is 0 Å². The van der Waals surface area contributed by atoms with Crippen LogP contribution in [0.15, 0.2) is 16.6 Å². The maximum Gasteiger partial charge on any atom is 0.142 e. The van der Waals surface area contributed by atoms with E-state index in [1.807, 2.05) is 0 Å². The van der Waals surface area contributed by atoms with Gasteiger partial charge in [0.05, 0.1) is 9.30 Å². The highest BCUT2D eigenvalue weighted by Crippen LogP contribution is 2.35. The fourth-order valence-corrected chi connectivity index (χ4v) is 2.73. The van der Waals surface area contributed by atoms with Gasteiger partial charge in [-0.2, -0.15) is 5.26 Å². The minimum absolute atomic E-state index is 0.0436. The molecule has 0 heterocycles. The lowest BCUT2D eigenvalue weighted by atomic mass is 10.1. The normalized spacial score (nSPS) is 10.2. The van der Waals surface area contributed by atoms with E-state index in [0.29, 0.717) is 4.47 Å². The summed E-state index contributed by atoms with van der Waals surface area (Å²) in [7, 11) is 0. The zero-order chi connectivity index (χ0) is 10.0. The largest absolute Gasteiger partial charge is 0.206 e. The molecule has 0 fully saturated rings. The van der Waals surface area contributed by atoms with Gasteiger partial charge < -0.3 is 0 Å². The van der Waals surface area contributed by atoms with Crippen molar-refractivity contribution in [2.45, 2.75) is 3.74 Å². The Morgan fingerprint density at radius 3 is 2.46 bits per heavy atom. The molecule has 1 rings (SSSR count). The van der Waals surface area contributed by atoms with Crippen molar-refractivity contribution in [3.05, 3.63) is 33.5 Å². The minimum Gasteiger partial charge on any atom is -0.206 e. The molecule has 1 nitrogen and oxygen atoms in total. The SMILES string of the molecule is N#Cc1cc(C(Br)Br)c(Br)cc1F. The van der Waals surface area contributed by atoms with Gasteiger partial charge in [0, 0.05) is 4.47 Å². The van der Waals surface area contributed by atoms with Crippen LogP contribution in [0.4, 0.5) is 4.39 Å². The molecular weight excluding hydrogens is 369 g/mol. The number of halogens is 4. The van der Waals surface area contributed by atoms with E-state index in [9.17, 15) is 4.39 Å². The highest BCUT2D eigenvalue weighted by Gasteiger charge is 2.12. The van der Waals surface area contributed by atoms with E-state index in [4.69, 9.17) is 5.26 Å². The topological polar surface area (TPSA) is 23.8 Å². The molecule has 0 atom stereocenters. The first-order valence-corrected chi connectivity index (χ1v) is 5.86. The summed E-state index contributed by atoms with van der Waals surface area (Å²) in [5.41, 5.74) is 0.833. The molecule has 0 N–H and O–H groups in total. The van der Waals surface area contributed by atoms with E-state index in [1.54, 1.807) is 6.07 Å². The van der Waals surface area contributed by atoms with Crippen molar-refractivity contribution in [1.29, 1.82) is 5.26 Å². The number of benzene rings is 1. The van der Waals surface area contributed by atoms with Gasteiger partial charge in [0.2, 0.25) is 0 Å². The van der Waals surface area contributed by atoms with Gasteiger partial charge in [-0.05, 0) is 17.7 Å². The standard InChI is InChI=1S/C8H3Br3FN/c9-6-2-7(12)4(3-13)1-5(6)8(10)11/h1-2,8H. The van der Waals surface area contributed by atoms with Crippen LogP contribution in [0.5, 0.6) is 0 Å². The maximum atomic E-state index is 13.0. The predicted molar refractivity (Wildman–Crippen MR) is 59.4 cm³/mol. The van der Waals surface area contributed by atoms with Crippen LogP contribution in [0.3, 0.4) is 0 Å². The summed E-state index contributed by atoms with van der Waals surface area (Å²) in [6.45, 7) is 0. The second kappa shape index (κ2) is 4.54. The van der Waals surface area contributed by atoms with Gasteiger partial charge in [-0.25, -0.2) is 4.39 Å². The van der Waals surface area contributed by atoms with Crippen molar-refractivity contribution in [2.75, 3.05) is 0 Å². The number of hydrogen-bond acceptors (Lipinski definition) is 1. The first-order valence-electron chi connectivity index (χ1n) is 3.23. The molecule has 0 aliphatic heterocycles. The first-order chi connectivity index (χ1) is 6.06. The van der Waals surface area contributed by atoms with Crippen LogP contribution in [0.1, 0.15) is 14.9 Å².